The SMILES string of the molecule is C=C/C=C(/c1ccc(P)s1)c1cc(-c2[nH]nc3ncc(-c4cncc(NC(=C)C5CC5)c4)cc23)[nH]c1C. The van der Waals surface area contributed by atoms with Crippen LogP contribution in [0.15, 0.2) is 79.9 Å². The van der Waals surface area contributed by atoms with E-state index in [1.165, 1.54) is 22.3 Å². The number of hydrogen-bond acceptors (Lipinski definition) is 5. The molecule has 0 amide bonds. The normalized spacial score (nSPS) is 13.7. The van der Waals surface area contributed by atoms with Gasteiger partial charge in [0.05, 0.1) is 23.3 Å². The Balaban J connectivity index is 1.37. The molecule has 1 aliphatic rings. The first-order chi connectivity index (χ1) is 18.0. The fourth-order valence-corrected chi connectivity index (χ4v) is 5.83. The summed E-state index contributed by atoms with van der Waals surface area (Å²) in [4.78, 5) is 13.8. The summed E-state index contributed by atoms with van der Waals surface area (Å²) in [5.74, 6) is 0.578. The number of anilines is 1. The Hall–Kier alpha value is -3.80. The summed E-state index contributed by atoms with van der Waals surface area (Å²) in [6.07, 6.45) is 11.8. The van der Waals surface area contributed by atoms with Gasteiger partial charge < -0.3 is 10.3 Å². The van der Waals surface area contributed by atoms with Crippen LogP contribution in [0.25, 0.3) is 39.1 Å². The Kier molecular flexibility index (Phi) is 6.11. The Labute approximate surface area is 221 Å². The van der Waals surface area contributed by atoms with Crippen LogP contribution in [0, 0.1) is 12.8 Å². The van der Waals surface area contributed by atoms with Gasteiger partial charge >= 0.3 is 0 Å². The lowest BCUT2D eigenvalue weighted by atomic mass is 10.0. The molecule has 184 valence electrons. The van der Waals surface area contributed by atoms with Crippen LogP contribution >= 0.6 is 20.6 Å². The largest absolute Gasteiger partial charge is 0.358 e. The van der Waals surface area contributed by atoms with Crippen molar-refractivity contribution >= 4 is 47.5 Å². The van der Waals surface area contributed by atoms with Gasteiger partial charge in [-0.2, -0.15) is 5.10 Å². The fraction of sp³-hybridized carbons (Fsp3) is 0.138. The summed E-state index contributed by atoms with van der Waals surface area (Å²) in [5.41, 5.74) is 9.84. The highest BCUT2D eigenvalue weighted by Gasteiger charge is 2.24. The van der Waals surface area contributed by atoms with Crippen molar-refractivity contribution in [3.8, 4) is 22.5 Å². The Morgan fingerprint density at radius 3 is 2.76 bits per heavy atom. The number of nitrogens with zero attached hydrogens (tertiary/aromatic N) is 3. The maximum atomic E-state index is 4.63. The number of rotatable bonds is 8. The maximum Gasteiger partial charge on any atom is 0.181 e. The van der Waals surface area contributed by atoms with Crippen LogP contribution in [0.5, 0.6) is 0 Å². The molecule has 0 saturated heterocycles. The van der Waals surface area contributed by atoms with Crippen molar-refractivity contribution in [2.45, 2.75) is 19.8 Å². The molecule has 0 aromatic carbocycles. The highest BCUT2D eigenvalue weighted by molar-refractivity contribution is 7.43. The standard InChI is InChI=1S/C29H27N6PS/c1-4-5-22(26-8-9-27(36)37-26)23-12-25(33-17(23)3)28-24-11-20(14-31-29(24)35-34-28)19-10-21(15-30-13-19)32-16(2)18-6-7-18/h4-5,8-15,18,32-33H,1-2,6-7,36H2,3H3,(H,31,34,35)/b22-5+. The van der Waals surface area contributed by atoms with Crippen LogP contribution in [-0.4, -0.2) is 25.1 Å². The molecular weight excluding hydrogens is 495 g/mol. The number of allylic oxidation sites excluding steroid dienone is 3. The highest BCUT2D eigenvalue weighted by Crippen LogP contribution is 2.37. The summed E-state index contributed by atoms with van der Waals surface area (Å²) in [5, 5.41) is 12.0. The van der Waals surface area contributed by atoms with Gasteiger partial charge in [0.25, 0.3) is 0 Å². The van der Waals surface area contributed by atoms with E-state index in [1.807, 2.05) is 24.7 Å². The van der Waals surface area contributed by atoms with Gasteiger partial charge in [0.2, 0.25) is 0 Å². The number of hydrogen-bond donors (Lipinski definition) is 3. The van der Waals surface area contributed by atoms with Crippen LogP contribution in [0.4, 0.5) is 5.69 Å². The van der Waals surface area contributed by atoms with Gasteiger partial charge in [-0.05, 0) is 56.0 Å². The van der Waals surface area contributed by atoms with Crippen LogP contribution in [0.3, 0.4) is 0 Å². The molecule has 6 rings (SSSR count). The number of aromatic nitrogens is 5. The molecule has 0 bridgehead atoms. The smallest absolute Gasteiger partial charge is 0.181 e. The molecule has 1 aliphatic carbocycles. The lowest BCUT2D eigenvalue weighted by Crippen LogP contribution is -2.00. The topological polar surface area (TPSA) is 82.3 Å². The molecule has 5 aromatic heterocycles. The quantitative estimate of drug-likeness (QED) is 0.154. The van der Waals surface area contributed by atoms with E-state index >= 15 is 0 Å². The molecule has 5 aromatic rings. The Bertz CT molecular complexity index is 1680. The van der Waals surface area contributed by atoms with Crippen LogP contribution in [0.1, 0.15) is 29.0 Å². The van der Waals surface area contributed by atoms with Crippen molar-refractivity contribution in [3.63, 3.8) is 0 Å². The molecule has 0 radical (unpaired) electrons. The van der Waals surface area contributed by atoms with Crippen molar-refractivity contribution in [2.75, 3.05) is 5.32 Å². The molecule has 3 N–H and O–H groups in total. The summed E-state index contributed by atoms with van der Waals surface area (Å²) in [6, 6.07) is 10.6. The van der Waals surface area contributed by atoms with Gasteiger partial charge in [-0.3, -0.25) is 10.1 Å². The monoisotopic (exact) mass is 522 g/mol. The molecule has 1 unspecified atom stereocenters. The number of thiophene rings is 1. The first-order valence-corrected chi connectivity index (χ1v) is 13.5. The third-order valence-electron chi connectivity index (χ3n) is 6.61. The zero-order chi connectivity index (χ0) is 25.5. The lowest BCUT2D eigenvalue weighted by Gasteiger charge is -2.09. The van der Waals surface area contributed by atoms with Gasteiger partial charge in [-0.15, -0.1) is 11.3 Å². The molecular formula is C29H27N6PS. The summed E-state index contributed by atoms with van der Waals surface area (Å²) < 4.78 is 1.20. The zero-order valence-corrected chi connectivity index (χ0v) is 22.5. The van der Waals surface area contributed by atoms with Gasteiger partial charge in [-0.1, -0.05) is 34.5 Å². The third-order valence-corrected chi connectivity index (χ3v) is 8.10. The molecule has 0 spiro atoms. The van der Waals surface area contributed by atoms with Crippen molar-refractivity contribution < 1.29 is 0 Å². The second-order valence-electron chi connectivity index (χ2n) is 9.32. The van der Waals surface area contributed by atoms with Crippen molar-refractivity contribution in [3.05, 3.63) is 96.1 Å². The second-order valence-corrected chi connectivity index (χ2v) is 11.5. The highest BCUT2D eigenvalue weighted by atomic mass is 32.1. The maximum absolute atomic E-state index is 4.63. The molecule has 5 heterocycles. The van der Waals surface area contributed by atoms with Crippen molar-refractivity contribution in [1.29, 1.82) is 0 Å². The predicted molar refractivity (Wildman–Crippen MR) is 158 cm³/mol. The predicted octanol–water partition coefficient (Wildman–Crippen LogP) is 6.84. The number of aromatic amines is 2. The van der Waals surface area contributed by atoms with E-state index in [2.05, 4.69) is 96.2 Å². The van der Waals surface area contributed by atoms with Gasteiger partial charge in [0, 0.05) is 60.9 Å². The summed E-state index contributed by atoms with van der Waals surface area (Å²) >= 11 is 1.74. The molecule has 6 nitrogen and oxygen atoms in total. The molecule has 1 fully saturated rings. The fourth-order valence-electron chi connectivity index (χ4n) is 4.54. The molecule has 0 aliphatic heterocycles. The minimum absolute atomic E-state index is 0.578. The average Bonchev–Trinajstić information content (AvgIpc) is 3.36. The lowest BCUT2D eigenvalue weighted by molar-refractivity contribution is 1.02. The summed E-state index contributed by atoms with van der Waals surface area (Å²) in [6.45, 7) is 10.2. The van der Waals surface area contributed by atoms with Crippen LogP contribution < -0.4 is 9.94 Å². The van der Waals surface area contributed by atoms with E-state index in [9.17, 15) is 0 Å². The third kappa shape index (κ3) is 4.68. The Morgan fingerprint density at radius 1 is 1.16 bits per heavy atom. The van der Waals surface area contributed by atoms with E-state index in [1.54, 1.807) is 11.3 Å². The number of H-pyrrole nitrogens is 2. The molecule has 1 saturated carbocycles. The number of aryl methyl sites for hydroxylation is 1. The number of fused-ring (bicyclic) bond motifs is 1. The number of nitrogens with one attached hydrogen (secondary N) is 3. The van der Waals surface area contributed by atoms with Crippen LogP contribution in [-0.2, 0) is 0 Å². The van der Waals surface area contributed by atoms with E-state index in [4.69, 9.17) is 0 Å². The van der Waals surface area contributed by atoms with E-state index in [-0.39, 0.29) is 0 Å². The van der Waals surface area contributed by atoms with Gasteiger partial charge in [-0.25, -0.2) is 4.98 Å². The Morgan fingerprint density at radius 2 is 2.00 bits per heavy atom. The average molecular weight is 523 g/mol. The minimum Gasteiger partial charge on any atom is -0.358 e. The molecule has 37 heavy (non-hydrogen) atoms. The van der Waals surface area contributed by atoms with E-state index in [0.717, 1.165) is 56.1 Å². The van der Waals surface area contributed by atoms with E-state index < -0.39 is 0 Å². The minimum atomic E-state index is 0.578. The van der Waals surface area contributed by atoms with Gasteiger partial charge in [0.15, 0.2) is 5.65 Å². The molecule has 1 atom stereocenters. The van der Waals surface area contributed by atoms with Gasteiger partial charge in [0.1, 0.15) is 0 Å². The van der Waals surface area contributed by atoms with Crippen molar-refractivity contribution in [2.24, 2.45) is 5.92 Å². The second kappa shape index (κ2) is 9.58. The zero-order valence-electron chi connectivity index (χ0n) is 20.5. The van der Waals surface area contributed by atoms with E-state index in [0.29, 0.717) is 11.6 Å². The van der Waals surface area contributed by atoms with Crippen LogP contribution in [0.2, 0.25) is 0 Å². The first kappa shape index (κ1) is 23.6. The molecule has 8 heteroatoms. The number of pyridine rings is 2. The van der Waals surface area contributed by atoms with Crippen molar-refractivity contribution in [1.82, 2.24) is 25.1 Å². The first-order valence-electron chi connectivity index (χ1n) is 12.1. The summed E-state index contributed by atoms with van der Waals surface area (Å²) in [7, 11) is 2.77.